The van der Waals surface area contributed by atoms with Crippen LogP contribution in [0.3, 0.4) is 0 Å². The summed E-state index contributed by atoms with van der Waals surface area (Å²) in [4.78, 5) is 26.2. The van der Waals surface area contributed by atoms with Crippen molar-refractivity contribution in [2.45, 2.75) is 13.8 Å². The number of benzene rings is 2. The Labute approximate surface area is 117 Å². The van der Waals surface area contributed by atoms with Crippen LogP contribution in [0.2, 0.25) is 0 Å². The lowest BCUT2D eigenvalue weighted by molar-refractivity contribution is 0.102. The van der Waals surface area contributed by atoms with Crippen molar-refractivity contribution in [3.63, 3.8) is 0 Å². The minimum atomic E-state index is -0.298. The van der Waals surface area contributed by atoms with Crippen molar-refractivity contribution in [3.8, 4) is 0 Å². The molecule has 4 nitrogen and oxygen atoms in total. The SMILES string of the molecule is Cc1cccc(NC(=O)c2ccccc2N=C=O)c1C. The number of nitrogens with zero attached hydrogens (tertiary/aromatic N) is 1. The molecule has 0 saturated heterocycles. The van der Waals surface area contributed by atoms with E-state index in [0.717, 1.165) is 16.8 Å². The Morgan fingerprint density at radius 3 is 2.60 bits per heavy atom. The zero-order valence-corrected chi connectivity index (χ0v) is 11.3. The van der Waals surface area contributed by atoms with Gasteiger partial charge in [0.25, 0.3) is 5.91 Å². The average molecular weight is 266 g/mol. The number of isocyanates is 1. The van der Waals surface area contributed by atoms with Crippen molar-refractivity contribution in [2.75, 3.05) is 5.32 Å². The number of aryl methyl sites for hydroxylation is 1. The first kappa shape index (κ1) is 13.7. The highest BCUT2D eigenvalue weighted by Crippen LogP contribution is 2.22. The highest BCUT2D eigenvalue weighted by molar-refractivity contribution is 6.08. The minimum absolute atomic E-state index is 0.298. The molecule has 100 valence electrons. The summed E-state index contributed by atoms with van der Waals surface area (Å²) in [6.45, 7) is 3.93. The summed E-state index contributed by atoms with van der Waals surface area (Å²) in [7, 11) is 0. The molecule has 0 aliphatic carbocycles. The fraction of sp³-hybridized carbons (Fsp3) is 0.125. The molecule has 2 aromatic rings. The van der Waals surface area contributed by atoms with E-state index in [-0.39, 0.29) is 5.91 Å². The Morgan fingerprint density at radius 2 is 1.85 bits per heavy atom. The van der Waals surface area contributed by atoms with Crippen molar-refractivity contribution in [3.05, 3.63) is 59.2 Å². The highest BCUT2D eigenvalue weighted by atomic mass is 16.1. The molecule has 0 aliphatic heterocycles. The van der Waals surface area contributed by atoms with Gasteiger partial charge in [0.2, 0.25) is 6.08 Å². The molecule has 0 radical (unpaired) electrons. The fourth-order valence-electron chi connectivity index (χ4n) is 1.89. The van der Waals surface area contributed by atoms with E-state index in [1.807, 2.05) is 32.0 Å². The van der Waals surface area contributed by atoms with Gasteiger partial charge in [0.05, 0.1) is 11.3 Å². The van der Waals surface area contributed by atoms with Crippen molar-refractivity contribution >= 4 is 23.4 Å². The standard InChI is InChI=1S/C16H14N2O2/c1-11-6-5-9-14(12(11)2)18-16(20)13-7-3-4-8-15(13)17-10-19/h3-9H,1-2H3,(H,18,20). The fourth-order valence-corrected chi connectivity index (χ4v) is 1.89. The average Bonchev–Trinajstić information content (AvgIpc) is 2.45. The number of carbonyl (C=O) groups is 1. The van der Waals surface area contributed by atoms with Gasteiger partial charge < -0.3 is 5.32 Å². The molecular weight excluding hydrogens is 252 g/mol. The molecule has 0 heterocycles. The van der Waals surface area contributed by atoms with Crippen molar-refractivity contribution in [2.24, 2.45) is 4.99 Å². The number of carbonyl (C=O) groups excluding carboxylic acids is 2. The van der Waals surface area contributed by atoms with E-state index in [4.69, 9.17) is 0 Å². The Balaban J connectivity index is 2.33. The van der Waals surface area contributed by atoms with E-state index >= 15 is 0 Å². The second-order valence-corrected chi connectivity index (χ2v) is 4.42. The lowest BCUT2D eigenvalue weighted by atomic mass is 10.1. The Kier molecular flexibility index (Phi) is 4.08. The molecule has 0 atom stereocenters. The van der Waals surface area contributed by atoms with Gasteiger partial charge in [-0.2, -0.15) is 4.99 Å². The van der Waals surface area contributed by atoms with Crippen molar-refractivity contribution in [1.29, 1.82) is 0 Å². The molecule has 20 heavy (non-hydrogen) atoms. The largest absolute Gasteiger partial charge is 0.322 e. The van der Waals surface area contributed by atoms with Gasteiger partial charge in [-0.25, -0.2) is 4.79 Å². The first-order valence-corrected chi connectivity index (χ1v) is 6.18. The maximum Gasteiger partial charge on any atom is 0.257 e. The molecule has 0 aliphatic rings. The van der Waals surface area contributed by atoms with Gasteiger partial charge in [-0.15, -0.1) is 0 Å². The number of amides is 1. The van der Waals surface area contributed by atoms with Gasteiger partial charge in [0.15, 0.2) is 0 Å². The summed E-state index contributed by atoms with van der Waals surface area (Å²) in [6, 6.07) is 12.4. The molecule has 0 spiro atoms. The van der Waals surface area contributed by atoms with Gasteiger partial charge in [-0.1, -0.05) is 24.3 Å². The number of hydrogen-bond donors (Lipinski definition) is 1. The van der Waals surface area contributed by atoms with Crippen LogP contribution in [0.1, 0.15) is 21.5 Å². The Bertz CT molecular complexity index is 701. The maximum absolute atomic E-state index is 12.3. The third-order valence-electron chi connectivity index (χ3n) is 3.17. The van der Waals surface area contributed by atoms with Crippen molar-refractivity contribution < 1.29 is 9.59 Å². The maximum atomic E-state index is 12.3. The second-order valence-electron chi connectivity index (χ2n) is 4.42. The van der Waals surface area contributed by atoms with E-state index in [1.165, 1.54) is 6.08 Å². The molecule has 2 aromatic carbocycles. The predicted molar refractivity (Wildman–Crippen MR) is 78.1 cm³/mol. The summed E-state index contributed by atoms with van der Waals surface area (Å²) in [5.41, 5.74) is 3.51. The summed E-state index contributed by atoms with van der Waals surface area (Å²) >= 11 is 0. The molecule has 0 unspecified atom stereocenters. The van der Waals surface area contributed by atoms with Crippen LogP contribution in [-0.2, 0) is 4.79 Å². The quantitative estimate of drug-likeness (QED) is 0.682. The second kappa shape index (κ2) is 5.95. The first-order valence-electron chi connectivity index (χ1n) is 6.18. The van der Waals surface area contributed by atoms with E-state index in [9.17, 15) is 9.59 Å². The van der Waals surface area contributed by atoms with E-state index in [0.29, 0.717) is 11.3 Å². The normalized spacial score (nSPS) is 9.70. The smallest absolute Gasteiger partial charge is 0.257 e. The van der Waals surface area contributed by atoms with Crippen LogP contribution in [0.4, 0.5) is 11.4 Å². The molecule has 0 bridgehead atoms. The predicted octanol–water partition coefficient (Wildman–Crippen LogP) is 3.52. The number of hydrogen-bond acceptors (Lipinski definition) is 3. The Hall–Kier alpha value is -2.71. The Morgan fingerprint density at radius 1 is 1.10 bits per heavy atom. The summed E-state index contributed by atoms with van der Waals surface area (Å²) in [6.07, 6.45) is 1.46. The first-order chi connectivity index (χ1) is 9.63. The number of rotatable bonds is 3. The van der Waals surface area contributed by atoms with Gasteiger partial charge >= 0.3 is 0 Å². The molecule has 0 saturated carbocycles. The molecule has 2 rings (SSSR count). The topological polar surface area (TPSA) is 58.5 Å². The lowest BCUT2D eigenvalue weighted by Gasteiger charge is -2.11. The number of nitrogens with one attached hydrogen (secondary N) is 1. The zero-order valence-electron chi connectivity index (χ0n) is 11.3. The van der Waals surface area contributed by atoms with Gasteiger partial charge in [0, 0.05) is 5.69 Å². The van der Waals surface area contributed by atoms with Crippen LogP contribution in [0.25, 0.3) is 0 Å². The third kappa shape index (κ3) is 2.82. The lowest BCUT2D eigenvalue weighted by Crippen LogP contribution is -2.13. The number of para-hydroxylation sites is 1. The van der Waals surface area contributed by atoms with Crippen LogP contribution in [0.15, 0.2) is 47.5 Å². The number of aliphatic imine (C=N–C) groups is 1. The summed E-state index contributed by atoms with van der Waals surface area (Å²) < 4.78 is 0. The van der Waals surface area contributed by atoms with E-state index < -0.39 is 0 Å². The monoisotopic (exact) mass is 266 g/mol. The van der Waals surface area contributed by atoms with Crippen LogP contribution in [-0.4, -0.2) is 12.0 Å². The summed E-state index contributed by atoms with van der Waals surface area (Å²) in [5.74, 6) is -0.298. The summed E-state index contributed by atoms with van der Waals surface area (Å²) in [5, 5.41) is 2.84. The van der Waals surface area contributed by atoms with Crippen LogP contribution in [0.5, 0.6) is 0 Å². The molecular formula is C16H14N2O2. The van der Waals surface area contributed by atoms with E-state index in [1.54, 1.807) is 24.3 Å². The minimum Gasteiger partial charge on any atom is -0.322 e. The molecule has 0 fully saturated rings. The molecule has 1 amide bonds. The van der Waals surface area contributed by atoms with Gasteiger partial charge in [-0.05, 0) is 43.2 Å². The van der Waals surface area contributed by atoms with Crippen LogP contribution >= 0.6 is 0 Å². The molecule has 1 N–H and O–H groups in total. The molecule has 0 aromatic heterocycles. The third-order valence-corrected chi connectivity index (χ3v) is 3.17. The van der Waals surface area contributed by atoms with Gasteiger partial charge in [-0.3, -0.25) is 4.79 Å². The molecule has 4 heteroatoms. The number of anilines is 1. The van der Waals surface area contributed by atoms with Crippen molar-refractivity contribution in [1.82, 2.24) is 0 Å². The van der Waals surface area contributed by atoms with E-state index in [2.05, 4.69) is 10.3 Å². The van der Waals surface area contributed by atoms with Crippen LogP contribution < -0.4 is 5.32 Å². The van der Waals surface area contributed by atoms with Crippen LogP contribution in [0, 0.1) is 13.8 Å². The van der Waals surface area contributed by atoms with Gasteiger partial charge in [0.1, 0.15) is 0 Å². The zero-order chi connectivity index (χ0) is 14.5. The highest BCUT2D eigenvalue weighted by Gasteiger charge is 2.12.